The van der Waals surface area contributed by atoms with E-state index in [1.807, 2.05) is 36.3 Å². The molecule has 0 spiro atoms. The van der Waals surface area contributed by atoms with E-state index in [1.165, 1.54) is 5.69 Å². The number of anilines is 1. The molecule has 1 aromatic heterocycles. The van der Waals surface area contributed by atoms with Crippen LogP contribution in [0.1, 0.15) is 42.7 Å². The van der Waals surface area contributed by atoms with Gasteiger partial charge in [0.25, 0.3) is 5.91 Å². The Kier molecular flexibility index (Phi) is 7.99. The van der Waals surface area contributed by atoms with E-state index in [-0.39, 0.29) is 5.91 Å². The number of pyridine rings is 1. The molecule has 3 heterocycles. The normalized spacial score (nSPS) is 18.6. The molecule has 0 atom stereocenters. The Morgan fingerprint density at radius 1 is 1.00 bits per heavy atom. The third kappa shape index (κ3) is 6.12. The molecule has 6 nitrogen and oxygen atoms in total. The predicted octanol–water partition coefficient (Wildman–Crippen LogP) is 3.39. The molecule has 0 saturated carbocycles. The maximum atomic E-state index is 13.1. The highest BCUT2D eigenvalue weighted by atomic mass is 16.2. The van der Waals surface area contributed by atoms with E-state index in [0.29, 0.717) is 12.1 Å². The molecule has 2 saturated heterocycles. The number of likely N-dealkylation sites (tertiary alicyclic amines) is 1. The van der Waals surface area contributed by atoms with Gasteiger partial charge in [-0.2, -0.15) is 0 Å². The van der Waals surface area contributed by atoms with Gasteiger partial charge in [-0.1, -0.05) is 6.07 Å². The fourth-order valence-corrected chi connectivity index (χ4v) is 5.03. The van der Waals surface area contributed by atoms with Crippen molar-refractivity contribution >= 4 is 11.6 Å². The Bertz CT molecular complexity index is 869. The quantitative estimate of drug-likeness (QED) is 0.648. The van der Waals surface area contributed by atoms with Crippen molar-refractivity contribution in [1.29, 1.82) is 0 Å². The van der Waals surface area contributed by atoms with Crippen molar-refractivity contribution in [3.8, 4) is 0 Å². The topological polar surface area (TPSA) is 42.9 Å². The average Bonchev–Trinajstić information content (AvgIpc) is 2.87. The highest BCUT2D eigenvalue weighted by Gasteiger charge is 2.26. The van der Waals surface area contributed by atoms with Gasteiger partial charge in [-0.25, -0.2) is 0 Å². The van der Waals surface area contributed by atoms with Crippen LogP contribution in [0.15, 0.2) is 48.7 Å². The Hall–Kier alpha value is -2.44. The van der Waals surface area contributed by atoms with Crippen LogP contribution in [-0.4, -0.2) is 90.5 Å². The smallest absolute Gasteiger partial charge is 0.253 e. The lowest BCUT2D eigenvalue weighted by atomic mass is 10.0. The molecule has 2 aliphatic heterocycles. The van der Waals surface area contributed by atoms with Crippen LogP contribution in [0.4, 0.5) is 5.69 Å². The molecule has 2 aliphatic rings. The SMILES string of the molecule is CC(C)N1CCN(c2ccc(C(=O)N(C)C3CCN(CCc4ccccn4)CC3)cc2)CC1. The Morgan fingerprint density at radius 3 is 2.30 bits per heavy atom. The number of carbonyl (C=O) groups is 1. The van der Waals surface area contributed by atoms with Gasteiger partial charge < -0.3 is 14.7 Å². The maximum Gasteiger partial charge on any atom is 0.253 e. The second-order valence-corrected chi connectivity index (χ2v) is 9.72. The molecular weight excluding hydrogens is 410 g/mol. The minimum Gasteiger partial charge on any atom is -0.369 e. The fourth-order valence-electron chi connectivity index (χ4n) is 5.03. The molecule has 2 aromatic rings. The molecule has 178 valence electrons. The van der Waals surface area contributed by atoms with Crippen LogP contribution in [0, 0.1) is 0 Å². The summed E-state index contributed by atoms with van der Waals surface area (Å²) in [6, 6.07) is 15.3. The second kappa shape index (κ2) is 11.1. The first kappa shape index (κ1) is 23.7. The molecule has 0 unspecified atom stereocenters. The molecule has 0 radical (unpaired) electrons. The number of nitrogens with zero attached hydrogens (tertiary/aromatic N) is 5. The first-order valence-corrected chi connectivity index (χ1v) is 12.5. The molecule has 2 fully saturated rings. The predicted molar refractivity (Wildman–Crippen MR) is 135 cm³/mol. The summed E-state index contributed by atoms with van der Waals surface area (Å²) >= 11 is 0. The average molecular weight is 450 g/mol. The molecule has 0 aliphatic carbocycles. The van der Waals surface area contributed by atoms with Crippen LogP contribution >= 0.6 is 0 Å². The largest absolute Gasteiger partial charge is 0.369 e. The maximum absolute atomic E-state index is 13.1. The molecule has 1 amide bonds. The third-order valence-corrected chi connectivity index (χ3v) is 7.36. The van der Waals surface area contributed by atoms with E-state index in [1.54, 1.807) is 0 Å². The summed E-state index contributed by atoms with van der Waals surface area (Å²) in [5.74, 6) is 0.137. The molecule has 0 N–H and O–H groups in total. The van der Waals surface area contributed by atoms with Crippen LogP contribution in [0.3, 0.4) is 0 Å². The van der Waals surface area contributed by atoms with E-state index in [4.69, 9.17) is 0 Å². The van der Waals surface area contributed by atoms with Crippen molar-refractivity contribution in [2.45, 2.75) is 45.2 Å². The number of amides is 1. The van der Waals surface area contributed by atoms with Crippen molar-refractivity contribution < 1.29 is 4.79 Å². The summed E-state index contributed by atoms with van der Waals surface area (Å²) in [5, 5.41) is 0. The molecular formula is C27H39N5O. The first-order valence-electron chi connectivity index (χ1n) is 12.5. The minimum absolute atomic E-state index is 0.137. The van der Waals surface area contributed by atoms with Crippen molar-refractivity contribution in [3.63, 3.8) is 0 Å². The van der Waals surface area contributed by atoms with Crippen molar-refractivity contribution in [2.75, 3.05) is 57.8 Å². The second-order valence-electron chi connectivity index (χ2n) is 9.72. The molecule has 1 aromatic carbocycles. The number of hydrogen-bond acceptors (Lipinski definition) is 5. The van der Waals surface area contributed by atoms with Crippen LogP contribution in [0.2, 0.25) is 0 Å². The Balaban J connectivity index is 1.24. The zero-order valence-electron chi connectivity index (χ0n) is 20.5. The number of hydrogen-bond donors (Lipinski definition) is 0. The fraction of sp³-hybridized carbons (Fsp3) is 0.556. The Morgan fingerprint density at radius 2 is 1.70 bits per heavy atom. The van der Waals surface area contributed by atoms with Gasteiger partial charge >= 0.3 is 0 Å². The van der Waals surface area contributed by atoms with Crippen molar-refractivity contribution in [3.05, 3.63) is 59.9 Å². The number of piperidine rings is 1. The number of rotatable bonds is 7. The van der Waals surface area contributed by atoms with E-state index >= 15 is 0 Å². The zero-order valence-corrected chi connectivity index (χ0v) is 20.5. The van der Waals surface area contributed by atoms with Crippen LogP contribution < -0.4 is 4.90 Å². The van der Waals surface area contributed by atoms with Gasteiger partial charge in [-0.15, -0.1) is 0 Å². The van der Waals surface area contributed by atoms with E-state index in [0.717, 1.165) is 76.3 Å². The number of benzene rings is 1. The lowest BCUT2D eigenvalue weighted by molar-refractivity contribution is 0.0643. The van der Waals surface area contributed by atoms with Gasteiger partial charge in [0, 0.05) is 94.5 Å². The van der Waals surface area contributed by atoms with Crippen LogP contribution in [0.5, 0.6) is 0 Å². The molecule has 0 bridgehead atoms. The number of piperazine rings is 1. The lowest BCUT2D eigenvalue weighted by Gasteiger charge is -2.38. The molecule has 6 heteroatoms. The Labute approximate surface area is 199 Å². The number of carbonyl (C=O) groups excluding carboxylic acids is 1. The van der Waals surface area contributed by atoms with Crippen LogP contribution in [0.25, 0.3) is 0 Å². The highest BCUT2D eigenvalue weighted by Crippen LogP contribution is 2.21. The zero-order chi connectivity index (χ0) is 23.2. The summed E-state index contributed by atoms with van der Waals surface area (Å²) in [6.45, 7) is 11.9. The summed E-state index contributed by atoms with van der Waals surface area (Å²) in [6.07, 6.45) is 4.91. The van der Waals surface area contributed by atoms with Crippen LogP contribution in [-0.2, 0) is 6.42 Å². The third-order valence-electron chi connectivity index (χ3n) is 7.36. The standard InChI is InChI=1S/C27H39N5O/c1-22(2)31-18-20-32(21-19-31)26-9-7-23(8-10-26)27(33)29(3)25-12-16-30(17-13-25)15-11-24-6-4-5-14-28-24/h4-10,14,22,25H,11-13,15-21H2,1-3H3. The van der Waals surface area contributed by atoms with E-state index in [9.17, 15) is 4.79 Å². The summed E-state index contributed by atoms with van der Waals surface area (Å²) in [5.41, 5.74) is 3.16. The molecule has 33 heavy (non-hydrogen) atoms. The van der Waals surface area contributed by atoms with Gasteiger partial charge in [0.1, 0.15) is 0 Å². The summed E-state index contributed by atoms with van der Waals surface area (Å²) in [4.78, 5) is 27.0. The van der Waals surface area contributed by atoms with Gasteiger partial charge in [0.15, 0.2) is 0 Å². The lowest BCUT2D eigenvalue weighted by Crippen LogP contribution is -2.48. The van der Waals surface area contributed by atoms with Gasteiger partial charge in [0.05, 0.1) is 0 Å². The monoisotopic (exact) mass is 449 g/mol. The summed E-state index contributed by atoms with van der Waals surface area (Å²) < 4.78 is 0. The number of aromatic nitrogens is 1. The van der Waals surface area contributed by atoms with Gasteiger partial charge in [-0.05, 0) is 63.1 Å². The highest BCUT2D eigenvalue weighted by molar-refractivity contribution is 5.94. The summed E-state index contributed by atoms with van der Waals surface area (Å²) in [7, 11) is 1.97. The van der Waals surface area contributed by atoms with Gasteiger partial charge in [0.2, 0.25) is 0 Å². The van der Waals surface area contributed by atoms with Gasteiger partial charge in [-0.3, -0.25) is 14.7 Å². The van der Waals surface area contributed by atoms with E-state index in [2.05, 4.69) is 57.8 Å². The van der Waals surface area contributed by atoms with Crippen molar-refractivity contribution in [1.82, 2.24) is 19.7 Å². The minimum atomic E-state index is 0.137. The van der Waals surface area contributed by atoms with E-state index < -0.39 is 0 Å². The first-order chi connectivity index (χ1) is 16.0. The van der Waals surface area contributed by atoms with Crippen molar-refractivity contribution in [2.24, 2.45) is 0 Å². The molecule has 4 rings (SSSR count).